The van der Waals surface area contributed by atoms with Crippen molar-refractivity contribution in [3.05, 3.63) is 29.7 Å². The van der Waals surface area contributed by atoms with E-state index in [2.05, 4.69) is 16.3 Å². The highest BCUT2D eigenvalue weighted by atomic mass is 32.2. The second kappa shape index (κ2) is 3.80. The average molecular weight is 230 g/mol. The lowest BCUT2D eigenvalue weighted by Gasteiger charge is -2.05. The SMILES string of the molecule is N#Cc1ccn2c(C3CCCS3)nnc2c1. The molecule has 0 aromatic carbocycles. The van der Waals surface area contributed by atoms with Gasteiger partial charge in [0.05, 0.1) is 16.9 Å². The number of aromatic nitrogens is 3. The standard InChI is InChI=1S/C11H10N4S/c12-7-8-3-4-15-10(6-8)13-14-11(15)9-2-1-5-16-9/h3-4,6,9H,1-2,5H2. The Kier molecular flexibility index (Phi) is 2.29. The van der Waals surface area contributed by atoms with E-state index < -0.39 is 0 Å². The van der Waals surface area contributed by atoms with Crippen LogP contribution in [0, 0.1) is 11.3 Å². The van der Waals surface area contributed by atoms with Gasteiger partial charge in [0.1, 0.15) is 0 Å². The Bertz CT molecular complexity index is 563. The second-order valence-electron chi connectivity index (χ2n) is 3.82. The van der Waals surface area contributed by atoms with Gasteiger partial charge in [-0.15, -0.1) is 10.2 Å². The summed E-state index contributed by atoms with van der Waals surface area (Å²) in [6, 6.07) is 5.69. The fraction of sp³-hybridized carbons (Fsp3) is 0.364. The summed E-state index contributed by atoms with van der Waals surface area (Å²) >= 11 is 1.94. The van der Waals surface area contributed by atoms with Gasteiger partial charge < -0.3 is 0 Å². The van der Waals surface area contributed by atoms with Crippen LogP contribution in [0.2, 0.25) is 0 Å². The molecule has 0 spiro atoms. The van der Waals surface area contributed by atoms with Crippen LogP contribution in [0.25, 0.3) is 5.65 Å². The van der Waals surface area contributed by atoms with E-state index in [0.717, 1.165) is 11.5 Å². The van der Waals surface area contributed by atoms with Gasteiger partial charge in [0.25, 0.3) is 0 Å². The van der Waals surface area contributed by atoms with Crippen LogP contribution >= 0.6 is 11.8 Å². The first-order chi connectivity index (χ1) is 7.88. The third kappa shape index (κ3) is 1.46. The minimum absolute atomic E-state index is 0.461. The lowest BCUT2D eigenvalue weighted by molar-refractivity contribution is 0.766. The molecular weight excluding hydrogens is 220 g/mol. The fourth-order valence-electron chi connectivity index (χ4n) is 1.98. The summed E-state index contributed by atoms with van der Waals surface area (Å²) in [5, 5.41) is 17.6. The van der Waals surface area contributed by atoms with Gasteiger partial charge >= 0.3 is 0 Å². The largest absolute Gasteiger partial charge is 0.285 e. The summed E-state index contributed by atoms with van der Waals surface area (Å²) in [7, 11) is 0. The van der Waals surface area contributed by atoms with Crippen LogP contribution in [0.5, 0.6) is 0 Å². The number of rotatable bonds is 1. The molecule has 2 aromatic rings. The maximum Gasteiger partial charge on any atom is 0.162 e. The minimum Gasteiger partial charge on any atom is -0.285 e. The molecular formula is C11H10N4S. The summed E-state index contributed by atoms with van der Waals surface area (Å²) in [6.07, 6.45) is 4.31. The Hall–Kier alpha value is -1.54. The highest BCUT2D eigenvalue weighted by Gasteiger charge is 2.22. The number of thioether (sulfide) groups is 1. The topological polar surface area (TPSA) is 54.0 Å². The molecule has 2 aromatic heterocycles. The Morgan fingerprint density at radius 1 is 1.50 bits per heavy atom. The molecule has 0 radical (unpaired) electrons. The predicted molar refractivity (Wildman–Crippen MR) is 62.1 cm³/mol. The number of pyridine rings is 1. The van der Waals surface area contributed by atoms with Crippen molar-refractivity contribution >= 4 is 17.4 Å². The molecule has 0 amide bonds. The molecule has 0 N–H and O–H groups in total. The summed E-state index contributed by atoms with van der Waals surface area (Å²) in [5.41, 5.74) is 1.40. The Morgan fingerprint density at radius 3 is 3.19 bits per heavy atom. The Morgan fingerprint density at radius 2 is 2.44 bits per heavy atom. The van der Waals surface area contributed by atoms with E-state index in [0.29, 0.717) is 10.8 Å². The molecule has 1 unspecified atom stereocenters. The van der Waals surface area contributed by atoms with Crippen LogP contribution in [0.3, 0.4) is 0 Å². The van der Waals surface area contributed by atoms with Crippen molar-refractivity contribution in [1.82, 2.24) is 14.6 Å². The van der Waals surface area contributed by atoms with Gasteiger partial charge in [0.2, 0.25) is 0 Å². The average Bonchev–Trinajstić information content (AvgIpc) is 2.96. The van der Waals surface area contributed by atoms with E-state index in [4.69, 9.17) is 5.26 Å². The molecule has 0 saturated carbocycles. The first-order valence-corrected chi connectivity index (χ1v) is 6.30. The number of nitriles is 1. The van der Waals surface area contributed by atoms with Crippen molar-refractivity contribution < 1.29 is 0 Å². The van der Waals surface area contributed by atoms with Gasteiger partial charge in [0.15, 0.2) is 11.5 Å². The van der Waals surface area contributed by atoms with Gasteiger partial charge in [-0.3, -0.25) is 4.40 Å². The highest BCUT2D eigenvalue weighted by Crippen LogP contribution is 2.38. The van der Waals surface area contributed by atoms with Crippen LogP contribution in [-0.2, 0) is 0 Å². The third-order valence-electron chi connectivity index (χ3n) is 2.78. The van der Waals surface area contributed by atoms with Crippen LogP contribution in [0.15, 0.2) is 18.3 Å². The second-order valence-corrected chi connectivity index (χ2v) is 5.13. The maximum absolute atomic E-state index is 8.80. The van der Waals surface area contributed by atoms with Gasteiger partial charge in [0, 0.05) is 12.3 Å². The van der Waals surface area contributed by atoms with Crippen molar-refractivity contribution in [2.45, 2.75) is 18.1 Å². The van der Waals surface area contributed by atoms with E-state index in [1.54, 1.807) is 12.1 Å². The molecule has 3 rings (SSSR count). The van der Waals surface area contributed by atoms with Gasteiger partial charge in [-0.2, -0.15) is 17.0 Å². The minimum atomic E-state index is 0.461. The number of fused-ring (bicyclic) bond motifs is 1. The lowest BCUT2D eigenvalue weighted by Crippen LogP contribution is -1.97. The first kappa shape index (κ1) is 9.67. The van der Waals surface area contributed by atoms with Crippen LogP contribution in [0.4, 0.5) is 0 Å². The summed E-state index contributed by atoms with van der Waals surface area (Å²) < 4.78 is 1.99. The molecule has 1 saturated heterocycles. The molecule has 0 bridgehead atoms. The fourth-order valence-corrected chi connectivity index (χ4v) is 3.24. The van der Waals surface area contributed by atoms with E-state index >= 15 is 0 Å². The maximum atomic E-state index is 8.80. The summed E-state index contributed by atoms with van der Waals surface area (Å²) in [4.78, 5) is 0. The van der Waals surface area contributed by atoms with E-state index in [1.807, 2.05) is 22.4 Å². The predicted octanol–water partition coefficient (Wildman–Crippen LogP) is 2.17. The molecule has 80 valence electrons. The smallest absolute Gasteiger partial charge is 0.162 e. The Balaban J connectivity index is 2.10. The van der Waals surface area contributed by atoms with Crippen molar-refractivity contribution in [3.8, 4) is 6.07 Å². The van der Waals surface area contributed by atoms with E-state index in [-0.39, 0.29) is 0 Å². The van der Waals surface area contributed by atoms with Crippen LogP contribution in [0.1, 0.15) is 29.5 Å². The molecule has 4 nitrogen and oxygen atoms in total. The quantitative estimate of drug-likeness (QED) is 0.753. The van der Waals surface area contributed by atoms with Gasteiger partial charge in [-0.05, 0) is 24.7 Å². The number of nitrogens with zero attached hydrogens (tertiary/aromatic N) is 4. The molecule has 3 heterocycles. The summed E-state index contributed by atoms with van der Waals surface area (Å²) in [5.74, 6) is 2.22. The normalized spacial score (nSPS) is 20.1. The number of hydrogen-bond acceptors (Lipinski definition) is 4. The van der Waals surface area contributed by atoms with E-state index in [1.165, 1.54) is 18.6 Å². The lowest BCUT2D eigenvalue weighted by atomic mass is 10.2. The Labute approximate surface area is 97.3 Å². The van der Waals surface area contributed by atoms with Gasteiger partial charge in [-0.1, -0.05) is 0 Å². The number of hydrogen-bond donors (Lipinski definition) is 0. The molecule has 1 atom stereocenters. The van der Waals surface area contributed by atoms with Crippen molar-refractivity contribution in [3.63, 3.8) is 0 Å². The zero-order chi connectivity index (χ0) is 11.0. The van der Waals surface area contributed by atoms with Crippen molar-refractivity contribution in [2.24, 2.45) is 0 Å². The van der Waals surface area contributed by atoms with Gasteiger partial charge in [-0.25, -0.2) is 0 Å². The molecule has 5 heteroatoms. The van der Waals surface area contributed by atoms with Crippen molar-refractivity contribution in [2.75, 3.05) is 5.75 Å². The zero-order valence-electron chi connectivity index (χ0n) is 8.63. The third-order valence-corrected chi connectivity index (χ3v) is 4.16. The van der Waals surface area contributed by atoms with Crippen molar-refractivity contribution in [1.29, 1.82) is 5.26 Å². The molecule has 16 heavy (non-hydrogen) atoms. The molecule has 1 fully saturated rings. The van der Waals surface area contributed by atoms with Crippen LogP contribution < -0.4 is 0 Å². The summed E-state index contributed by atoms with van der Waals surface area (Å²) in [6.45, 7) is 0. The molecule has 0 aliphatic carbocycles. The zero-order valence-corrected chi connectivity index (χ0v) is 9.44. The first-order valence-electron chi connectivity index (χ1n) is 5.25. The molecule has 1 aliphatic heterocycles. The highest BCUT2D eigenvalue weighted by molar-refractivity contribution is 7.99. The molecule has 1 aliphatic rings. The van der Waals surface area contributed by atoms with Crippen LogP contribution in [-0.4, -0.2) is 20.4 Å². The monoisotopic (exact) mass is 230 g/mol. The van der Waals surface area contributed by atoms with E-state index in [9.17, 15) is 0 Å².